The Hall–Kier alpha value is -0.610. The van der Waals surface area contributed by atoms with Gasteiger partial charge in [0, 0.05) is 31.1 Å². The lowest BCUT2D eigenvalue weighted by Gasteiger charge is -2.33. The van der Waals surface area contributed by atoms with E-state index in [1.165, 1.54) is 0 Å². The van der Waals surface area contributed by atoms with Crippen LogP contribution in [0, 0.1) is 5.92 Å². The summed E-state index contributed by atoms with van der Waals surface area (Å²) in [6, 6.07) is 0.761. The van der Waals surface area contributed by atoms with Gasteiger partial charge in [-0.2, -0.15) is 0 Å². The number of rotatable bonds is 8. The van der Waals surface area contributed by atoms with Crippen LogP contribution in [0.25, 0.3) is 0 Å². The summed E-state index contributed by atoms with van der Waals surface area (Å²) >= 11 is 0. The second-order valence-corrected chi connectivity index (χ2v) is 5.96. The van der Waals surface area contributed by atoms with Gasteiger partial charge in [0.25, 0.3) is 0 Å². The molecule has 3 N–H and O–H groups in total. The molecule has 4 heteroatoms. The summed E-state index contributed by atoms with van der Waals surface area (Å²) in [6.45, 7) is 11.1. The molecule has 0 fully saturated rings. The minimum Gasteiger partial charge on any atom is -0.354 e. The summed E-state index contributed by atoms with van der Waals surface area (Å²) in [5, 5.41) is 2.92. The molecule has 0 bridgehead atoms. The molecule has 0 aromatic heterocycles. The van der Waals surface area contributed by atoms with E-state index in [-0.39, 0.29) is 18.0 Å². The third kappa shape index (κ3) is 6.97. The Morgan fingerprint density at radius 2 is 1.78 bits per heavy atom. The molecule has 18 heavy (non-hydrogen) atoms. The Balaban J connectivity index is 4.34. The average molecular weight is 257 g/mol. The molecule has 2 unspecified atom stereocenters. The standard InChI is InChI=1S/C14H31N3O/c1-10(2)7-12(5)17(6)13(9-15)8-14(18)16-11(3)4/h10-13H,7-9,15H2,1-6H3,(H,16,18). The van der Waals surface area contributed by atoms with E-state index in [2.05, 4.69) is 38.0 Å². The molecule has 0 heterocycles. The van der Waals surface area contributed by atoms with Crippen molar-refractivity contribution in [1.29, 1.82) is 0 Å². The highest BCUT2D eigenvalue weighted by Crippen LogP contribution is 2.13. The molecule has 0 aliphatic carbocycles. The van der Waals surface area contributed by atoms with E-state index in [9.17, 15) is 4.79 Å². The number of likely N-dealkylation sites (N-methyl/N-ethyl adjacent to an activating group) is 1. The zero-order chi connectivity index (χ0) is 14.3. The van der Waals surface area contributed by atoms with Crippen LogP contribution in [-0.2, 0) is 4.79 Å². The molecule has 0 saturated heterocycles. The lowest BCUT2D eigenvalue weighted by molar-refractivity contribution is -0.122. The van der Waals surface area contributed by atoms with Crippen LogP contribution in [-0.4, -0.2) is 42.5 Å². The largest absolute Gasteiger partial charge is 0.354 e. The minimum absolute atomic E-state index is 0.0871. The van der Waals surface area contributed by atoms with E-state index in [0.717, 1.165) is 6.42 Å². The average Bonchev–Trinajstić information content (AvgIpc) is 2.22. The van der Waals surface area contributed by atoms with Crippen LogP contribution in [0.4, 0.5) is 0 Å². The summed E-state index contributed by atoms with van der Waals surface area (Å²) in [5.41, 5.74) is 5.80. The summed E-state index contributed by atoms with van der Waals surface area (Å²) in [6.07, 6.45) is 1.60. The van der Waals surface area contributed by atoms with Crippen LogP contribution in [0.15, 0.2) is 0 Å². The number of nitrogens with one attached hydrogen (secondary N) is 1. The fourth-order valence-corrected chi connectivity index (χ4v) is 2.20. The van der Waals surface area contributed by atoms with Crippen LogP contribution >= 0.6 is 0 Å². The Morgan fingerprint density at radius 1 is 1.22 bits per heavy atom. The van der Waals surface area contributed by atoms with Crippen molar-refractivity contribution in [2.75, 3.05) is 13.6 Å². The molecule has 0 aromatic rings. The molecule has 0 aliphatic rings. The SMILES string of the molecule is CC(C)CC(C)N(C)C(CN)CC(=O)NC(C)C. The second-order valence-electron chi connectivity index (χ2n) is 5.96. The van der Waals surface area contributed by atoms with Crippen molar-refractivity contribution in [3.63, 3.8) is 0 Å². The Labute approximate surface area is 112 Å². The molecular weight excluding hydrogens is 226 g/mol. The third-order valence-electron chi connectivity index (χ3n) is 3.23. The molecule has 0 aliphatic heterocycles. The van der Waals surface area contributed by atoms with Crippen molar-refractivity contribution >= 4 is 5.91 Å². The van der Waals surface area contributed by atoms with Crippen LogP contribution in [0.1, 0.15) is 47.5 Å². The molecule has 1 amide bonds. The molecule has 4 nitrogen and oxygen atoms in total. The van der Waals surface area contributed by atoms with Gasteiger partial charge >= 0.3 is 0 Å². The molecule has 0 aromatic carbocycles. The third-order valence-corrected chi connectivity index (χ3v) is 3.23. The van der Waals surface area contributed by atoms with E-state index in [0.29, 0.717) is 24.9 Å². The fourth-order valence-electron chi connectivity index (χ4n) is 2.20. The Morgan fingerprint density at radius 3 is 2.17 bits per heavy atom. The minimum atomic E-state index is 0.0871. The second kappa shape index (κ2) is 8.48. The van der Waals surface area contributed by atoms with Gasteiger partial charge in [-0.15, -0.1) is 0 Å². The zero-order valence-electron chi connectivity index (χ0n) is 12.9. The van der Waals surface area contributed by atoms with Crippen molar-refractivity contribution in [3.05, 3.63) is 0 Å². The van der Waals surface area contributed by atoms with Gasteiger partial charge < -0.3 is 11.1 Å². The van der Waals surface area contributed by atoms with Gasteiger partial charge in [-0.25, -0.2) is 0 Å². The maximum Gasteiger partial charge on any atom is 0.221 e. The fraction of sp³-hybridized carbons (Fsp3) is 0.929. The van der Waals surface area contributed by atoms with Crippen LogP contribution < -0.4 is 11.1 Å². The van der Waals surface area contributed by atoms with Crippen molar-refractivity contribution < 1.29 is 4.79 Å². The van der Waals surface area contributed by atoms with E-state index in [1.807, 2.05) is 13.8 Å². The van der Waals surface area contributed by atoms with E-state index in [4.69, 9.17) is 5.73 Å². The quantitative estimate of drug-likeness (QED) is 0.694. The Bertz CT molecular complexity index is 241. The first-order chi connectivity index (χ1) is 8.27. The molecule has 0 saturated carbocycles. The number of hydrogen-bond acceptors (Lipinski definition) is 3. The first kappa shape index (κ1) is 17.4. The number of carbonyl (C=O) groups is 1. The summed E-state index contributed by atoms with van der Waals surface area (Å²) in [7, 11) is 2.06. The van der Waals surface area contributed by atoms with E-state index < -0.39 is 0 Å². The van der Waals surface area contributed by atoms with Crippen molar-refractivity contribution in [1.82, 2.24) is 10.2 Å². The maximum absolute atomic E-state index is 11.8. The summed E-state index contributed by atoms with van der Waals surface area (Å²) in [4.78, 5) is 14.0. The Kier molecular flexibility index (Phi) is 8.20. The van der Waals surface area contributed by atoms with Gasteiger partial charge in [0.05, 0.1) is 0 Å². The smallest absolute Gasteiger partial charge is 0.221 e. The number of nitrogens with two attached hydrogens (primary N) is 1. The van der Waals surface area contributed by atoms with Crippen LogP contribution in [0.2, 0.25) is 0 Å². The van der Waals surface area contributed by atoms with Gasteiger partial charge in [-0.1, -0.05) is 13.8 Å². The molecular formula is C14H31N3O. The lowest BCUT2D eigenvalue weighted by Crippen LogP contribution is -2.46. The van der Waals surface area contributed by atoms with Gasteiger partial charge in [0.15, 0.2) is 0 Å². The number of amides is 1. The summed E-state index contributed by atoms with van der Waals surface area (Å²) in [5.74, 6) is 0.745. The van der Waals surface area contributed by atoms with Gasteiger partial charge in [0.2, 0.25) is 5.91 Å². The predicted molar refractivity (Wildman–Crippen MR) is 77.4 cm³/mol. The van der Waals surface area contributed by atoms with Crippen molar-refractivity contribution in [3.8, 4) is 0 Å². The van der Waals surface area contributed by atoms with E-state index >= 15 is 0 Å². The van der Waals surface area contributed by atoms with Crippen LogP contribution in [0.3, 0.4) is 0 Å². The van der Waals surface area contributed by atoms with Gasteiger partial charge in [-0.05, 0) is 40.2 Å². The van der Waals surface area contributed by atoms with Crippen LogP contribution in [0.5, 0.6) is 0 Å². The number of carbonyl (C=O) groups excluding carboxylic acids is 1. The molecule has 0 radical (unpaired) electrons. The van der Waals surface area contributed by atoms with Gasteiger partial charge in [-0.3, -0.25) is 9.69 Å². The molecule has 0 spiro atoms. The molecule has 108 valence electrons. The first-order valence-electron chi connectivity index (χ1n) is 6.99. The van der Waals surface area contributed by atoms with Crippen molar-refractivity contribution in [2.24, 2.45) is 11.7 Å². The topological polar surface area (TPSA) is 58.4 Å². The first-order valence-corrected chi connectivity index (χ1v) is 6.99. The van der Waals surface area contributed by atoms with Gasteiger partial charge in [0.1, 0.15) is 0 Å². The highest BCUT2D eigenvalue weighted by atomic mass is 16.1. The number of nitrogens with zero attached hydrogens (tertiary/aromatic N) is 1. The molecule has 0 rings (SSSR count). The summed E-state index contributed by atoms with van der Waals surface area (Å²) < 4.78 is 0. The van der Waals surface area contributed by atoms with E-state index in [1.54, 1.807) is 0 Å². The maximum atomic E-state index is 11.8. The zero-order valence-corrected chi connectivity index (χ0v) is 12.9. The lowest BCUT2D eigenvalue weighted by atomic mass is 10.0. The highest BCUT2D eigenvalue weighted by Gasteiger charge is 2.22. The highest BCUT2D eigenvalue weighted by molar-refractivity contribution is 5.76. The monoisotopic (exact) mass is 257 g/mol. The normalized spacial score (nSPS) is 15.2. The molecule has 2 atom stereocenters. The number of hydrogen-bond donors (Lipinski definition) is 2. The van der Waals surface area contributed by atoms with Crippen molar-refractivity contribution in [2.45, 2.75) is 65.6 Å². The predicted octanol–water partition coefficient (Wildman–Crippen LogP) is 1.59.